The zero-order valence-corrected chi connectivity index (χ0v) is 8.29. The Morgan fingerprint density at radius 3 is 2.62 bits per heavy atom. The quantitative estimate of drug-likeness (QED) is 0.705. The van der Waals surface area contributed by atoms with Gasteiger partial charge in [-0.25, -0.2) is 0 Å². The Morgan fingerprint density at radius 2 is 1.94 bits per heavy atom. The summed E-state index contributed by atoms with van der Waals surface area (Å²) in [7, 11) is 0. The molecular weight excluding hydrogens is 206 g/mol. The molecule has 0 bridgehead atoms. The van der Waals surface area contributed by atoms with Crippen molar-refractivity contribution in [1.29, 1.82) is 0 Å². The molecule has 0 N–H and O–H groups in total. The fraction of sp³-hybridized carbons (Fsp3) is 0. The maximum Gasteiger partial charge on any atom is 0.166 e. The van der Waals surface area contributed by atoms with E-state index in [0.29, 0.717) is 17.7 Å². The largest absolute Gasteiger partial charge is 0.545 e. The number of carboxylic acid groups (broad SMARTS) is 1. The molecule has 80 valence electrons. The summed E-state index contributed by atoms with van der Waals surface area (Å²) in [6.45, 7) is 0. The van der Waals surface area contributed by atoms with E-state index in [9.17, 15) is 14.7 Å². The molecule has 1 heterocycles. The summed E-state index contributed by atoms with van der Waals surface area (Å²) in [5, 5.41) is 10.9. The summed E-state index contributed by atoms with van der Waals surface area (Å²) in [5.74, 6) is -1.26. The Balaban J connectivity index is 2.64. The van der Waals surface area contributed by atoms with E-state index in [4.69, 9.17) is 0 Å². The van der Waals surface area contributed by atoms with Gasteiger partial charge in [-0.3, -0.25) is 4.79 Å². The molecule has 0 spiro atoms. The lowest BCUT2D eigenvalue weighted by Gasteiger charge is -2.12. The number of carbonyl (C=O) groups is 2. The van der Waals surface area contributed by atoms with Crippen LogP contribution in [-0.2, 0) is 0 Å². The lowest BCUT2D eigenvalue weighted by atomic mass is 10.2. The van der Waals surface area contributed by atoms with Crippen LogP contribution < -0.4 is 5.11 Å². The van der Waals surface area contributed by atoms with E-state index in [1.54, 1.807) is 36.5 Å². The van der Waals surface area contributed by atoms with E-state index in [1.807, 2.05) is 0 Å². The molecule has 1 aromatic carbocycles. The van der Waals surface area contributed by atoms with Crippen LogP contribution in [0.1, 0.15) is 20.8 Å². The van der Waals surface area contributed by atoms with Gasteiger partial charge < -0.3 is 14.5 Å². The van der Waals surface area contributed by atoms with Crippen LogP contribution in [0.2, 0.25) is 0 Å². The van der Waals surface area contributed by atoms with Gasteiger partial charge in [0.15, 0.2) is 6.29 Å². The second-order valence-corrected chi connectivity index (χ2v) is 3.23. The fourth-order valence-electron chi connectivity index (χ4n) is 1.57. The van der Waals surface area contributed by atoms with E-state index in [-0.39, 0.29) is 5.56 Å². The van der Waals surface area contributed by atoms with Crippen molar-refractivity contribution in [1.82, 2.24) is 4.57 Å². The number of benzene rings is 1. The number of para-hydroxylation sites is 1. The lowest BCUT2D eigenvalue weighted by molar-refractivity contribution is -0.255. The molecule has 2 rings (SSSR count). The zero-order chi connectivity index (χ0) is 11.5. The number of carbonyl (C=O) groups excluding carboxylic acids is 2. The average molecular weight is 214 g/mol. The van der Waals surface area contributed by atoms with Crippen molar-refractivity contribution in [3.05, 3.63) is 53.9 Å². The SMILES string of the molecule is O=Cc1cccn1-c1ccccc1C(=O)[O-]. The van der Waals surface area contributed by atoms with Gasteiger partial charge in [0.25, 0.3) is 0 Å². The highest BCUT2D eigenvalue weighted by Crippen LogP contribution is 2.16. The molecule has 0 aliphatic carbocycles. The summed E-state index contributed by atoms with van der Waals surface area (Å²) in [5.41, 5.74) is 0.880. The van der Waals surface area contributed by atoms with Gasteiger partial charge in [0.1, 0.15) is 0 Å². The first-order valence-corrected chi connectivity index (χ1v) is 4.67. The summed E-state index contributed by atoms with van der Waals surface area (Å²) in [6.07, 6.45) is 2.30. The van der Waals surface area contributed by atoms with Crippen LogP contribution >= 0.6 is 0 Å². The van der Waals surface area contributed by atoms with Crippen molar-refractivity contribution in [2.75, 3.05) is 0 Å². The highest BCUT2D eigenvalue weighted by atomic mass is 16.4. The minimum Gasteiger partial charge on any atom is -0.545 e. The molecule has 0 atom stereocenters. The maximum absolute atomic E-state index is 10.9. The van der Waals surface area contributed by atoms with Gasteiger partial charge in [0.05, 0.1) is 17.4 Å². The van der Waals surface area contributed by atoms with Gasteiger partial charge in [0.2, 0.25) is 0 Å². The molecule has 4 nitrogen and oxygen atoms in total. The van der Waals surface area contributed by atoms with Crippen molar-refractivity contribution >= 4 is 12.3 Å². The van der Waals surface area contributed by atoms with Gasteiger partial charge >= 0.3 is 0 Å². The summed E-state index contributed by atoms with van der Waals surface area (Å²) >= 11 is 0. The first kappa shape index (κ1) is 10.2. The van der Waals surface area contributed by atoms with Gasteiger partial charge in [-0.15, -0.1) is 0 Å². The molecule has 0 aliphatic heterocycles. The zero-order valence-electron chi connectivity index (χ0n) is 8.29. The third-order valence-electron chi connectivity index (χ3n) is 2.28. The second-order valence-electron chi connectivity index (χ2n) is 3.23. The molecule has 0 saturated carbocycles. The fourth-order valence-corrected chi connectivity index (χ4v) is 1.57. The van der Waals surface area contributed by atoms with Gasteiger partial charge in [0, 0.05) is 11.8 Å². The number of hydrogen-bond donors (Lipinski definition) is 0. The number of nitrogens with zero attached hydrogens (tertiary/aromatic N) is 1. The minimum atomic E-state index is -1.26. The number of rotatable bonds is 3. The second kappa shape index (κ2) is 4.02. The standard InChI is InChI=1S/C12H9NO3/c14-8-9-4-3-7-13(9)11-6-2-1-5-10(11)12(15)16/h1-8H,(H,15,16)/p-1. The number of aldehydes is 1. The van der Waals surface area contributed by atoms with Crippen LogP contribution in [0, 0.1) is 0 Å². The van der Waals surface area contributed by atoms with Crippen molar-refractivity contribution in [3.8, 4) is 5.69 Å². The Hall–Kier alpha value is -2.36. The lowest BCUT2D eigenvalue weighted by Crippen LogP contribution is -2.24. The molecule has 0 fully saturated rings. The van der Waals surface area contributed by atoms with Crippen LogP contribution in [0.4, 0.5) is 0 Å². The van der Waals surface area contributed by atoms with Gasteiger partial charge in [-0.1, -0.05) is 18.2 Å². The molecule has 1 aromatic heterocycles. The normalized spacial score (nSPS) is 10.0. The Bertz CT molecular complexity index is 543. The topological polar surface area (TPSA) is 62.1 Å². The Kier molecular flexibility index (Phi) is 2.55. The first-order valence-electron chi connectivity index (χ1n) is 4.67. The monoisotopic (exact) mass is 214 g/mol. The Morgan fingerprint density at radius 1 is 1.19 bits per heavy atom. The summed E-state index contributed by atoms with van der Waals surface area (Å²) < 4.78 is 1.51. The van der Waals surface area contributed by atoms with Gasteiger partial charge in [-0.2, -0.15) is 0 Å². The third kappa shape index (κ3) is 1.61. The molecule has 0 radical (unpaired) electrons. The van der Waals surface area contributed by atoms with Crippen LogP contribution in [0.3, 0.4) is 0 Å². The van der Waals surface area contributed by atoms with Crippen molar-refractivity contribution in [2.24, 2.45) is 0 Å². The number of carboxylic acids is 1. The van der Waals surface area contributed by atoms with Crippen LogP contribution in [-0.4, -0.2) is 16.8 Å². The predicted octanol–water partition coefficient (Wildman–Crippen LogP) is 0.653. The number of aromatic nitrogens is 1. The molecular formula is C12H8NO3-. The molecule has 2 aromatic rings. The number of hydrogen-bond acceptors (Lipinski definition) is 3. The smallest absolute Gasteiger partial charge is 0.166 e. The van der Waals surface area contributed by atoms with Crippen molar-refractivity contribution in [3.63, 3.8) is 0 Å². The highest BCUT2D eigenvalue weighted by molar-refractivity contribution is 5.91. The molecule has 0 saturated heterocycles. The highest BCUT2D eigenvalue weighted by Gasteiger charge is 2.07. The molecule has 0 amide bonds. The van der Waals surface area contributed by atoms with E-state index in [2.05, 4.69) is 0 Å². The molecule has 16 heavy (non-hydrogen) atoms. The summed E-state index contributed by atoms with van der Waals surface area (Å²) in [6, 6.07) is 9.67. The van der Waals surface area contributed by atoms with Crippen LogP contribution in [0.25, 0.3) is 5.69 Å². The van der Waals surface area contributed by atoms with E-state index in [0.717, 1.165) is 0 Å². The average Bonchev–Trinajstić information content (AvgIpc) is 2.76. The first-order chi connectivity index (χ1) is 7.74. The molecule has 0 unspecified atom stereocenters. The third-order valence-corrected chi connectivity index (χ3v) is 2.28. The van der Waals surface area contributed by atoms with Gasteiger partial charge in [-0.05, 0) is 18.2 Å². The van der Waals surface area contributed by atoms with E-state index in [1.165, 1.54) is 10.6 Å². The Labute approximate surface area is 91.8 Å². The maximum atomic E-state index is 10.9. The minimum absolute atomic E-state index is 0.0572. The molecule has 0 aliphatic rings. The summed E-state index contributed by atoms with van der Waals surface area (Å²) in [4.78, 5) is 21.7. The van der Waals surface area contributed by atoms with Crippen molar-refractivity contribution in [2.45, 2.75) is 0 Å². The van der Waals surface area contributed by atoms with E-state index < -0.39 is 5.97 Å². The predicted molar refractivity (Wildman–Crippen MR) is 55.5 cm³/mol. The van der Waals surface area contributed by atoms with Crippen LogP contribution in [0.15, 0.2) is 42.6 Å². The molecule has 4 heteroatoms. The van der Waals surface area contributed by atoms with Crippen LogP contribution in [0.5, 0.6) is 0 Å². The number of aromatic carboxylic acids is 1. The van der Waals surface area contributed by atoms with Crippen molar-refractivity contribution < 1.29 is 14.7 Å². The van der Waals surface area contributed by atoms with E-state index >= 15 is 0 Å².